The molecule has 0 N–H and O–H groups in total. The summed E-state index contributed by atoms with van der Waals surface area (Å²) in [6.45, 7) is 0. The standard InChI is InChI=1S/C12H7F3N4O/c13-12(14,15)11-16-10(20-18-11)9-6-7-19(17-9)8-4-2-1-3-5-8/h1-7H. The molecule has 0 aliphatic rings. The van der Waals surface area contributed by atoms with Gasteiger partial charge in [-0.25, -0.2) is 4.68 Å². The summed E-state index contributed by atoms with van der Waals surface area (Å²) in [5.41, 5.74) is 0.950. The van der Waals surface area contributed by atoms with Gasteiger partial charge in [0.15, 0.2) is 5.69 Å². The van der Waals surface area contributed by atoms with Crippen LogP contribution in [0.15, 0.2) is 47.1 Å². The van der Waals surface area contributed by atoms with E-state index < -0.39 is 12.0 Å². The van der Waals surface area contributed by atoms with Crippen molar-refractivity contribution in [3.63, 3.8) is 0 Å². The maximum absolute atomic E-state index is 12.4. The molecule has 2 heterocycles. The molecule has 0 bridgehead atoms. The molecule has 0 unspecified atom stereocenters. The Morgan fingerprint density at radius 1 is 1.05 bits per heavy atom. The second-order valence-electron chi connectivity index (χ2n) is 3.90. The van der Waals surface area contributed by atoms with Gasteiger partial charge in [-0.15, -0.1) is 0 Å². The maximum Gasteiger partial charge on any atom is 0.455 e. The van der Waals surface area contributed by atoms with Crippen molar-refractivity contribution in [3.8, 4) is 17.3 Å². The van der Waals surface area contributed by atoms with E-state index in [2.05, 4.69) is 19.8 Å². The number of para-hydroxylation sites is 1. The first-order valence-electron chi connectivity index (χ1n) is 5.56. The van der Waals surface area contributed by atoms with Crippen LogP contribution in [0.4, 0.5) is 13.2 Å². The number of nitrogens with zero attached hydrogens (tertiary/aromatic N) is 4. The van der Waals surface area contributed by atoms with Crippen LogP contribution in [-0.2, 0) is 6.18 Å². The second kappa shape index (κ2) is 4.48. The third kappa shape index (κ3) is 2.27. The first kappa shape index (κ1) is 12.4. The number of rotatable bonds is 2. The molecule has 0 aliphatic carbocycles. The van der Waals surface area contributed by atoms with Crippen molar-refractivity contribution in [1.29, 1.82) is 0 Å². The molecule has 102 valence electrons. The molecule has 2 aromatic heterocycles. The molecule has 1 aromatic carbocycles. The van der Waals surface area contributed by atoms with Crippen LogP contribution in [0.1, 0.15) is 5.82 Å². The van der Waals surface area contributed by atoms with Crippen molar-refractivity contribution in [2.45, 2.75) is 6.18 Å². The van der Waals surface area contributed by atoms with E-state index >= 15 is 0 Å². The molecule has 0 amide bonds. The van der Waals surface area contributed by atoms with E-state index in [4.69, 9.17) is 0 Å². The van der Waals surface area contributed by atoms with Crippen LogP contribution in [0.25, 0.3) is 17.3 Å². The van der Waals surface area contributed by atoms with Gasteiger partial charge < -0.3 is 4.52 Å². The second-order valence-corrected chi connectivity index (χ2v) is 3.90. The van der Waals surface area contributed by atoms with Gasteiger partial charge in [-0.1, -0.05) is 23.4 Å². The van der Waals surface area contributed by atoms with Gasteiger partial charge in [0, 0.05) is 6.20 Å². The third-order valence-electron chi connectivity index (χ3n) is 2.51. The minimum Gasteiger partial charge on any atom is -0.332 e. The topological polar surface area (TPSA) is 56.7 Å². The zero-order valence-corrected chi connectivity index (χ0v) is 9.87. The summed E-state index contributed by atoms with van der Waals surface area (Å²) in [7, 11) is 0. The van der Waals surface area contributed by atoms with Gasteiger partial charge >= 0.3 is 6.18 Å². The van der Waals surface area contributed by atoms with E-state index in [0.29, 0.717) is 0 Å². The highest BCUT2D eigenvalue weighted by molar-refractivity contribution is 5.46. The van der Waals surface area contributed by atoms with Crippen LogP contribution >= 0.6 is 0 Å². The fraction of sp³-hybridized carbons (Fsp3) is 0.0833. The van der Waals surface area contributed by atoms with Crippen LogP contribution in [0.5, 0.6) is 0 Å². The minimum absolute atomic E-state index is 0.178. The van der Waals surface area contributed by atoms with E-state index in [-0.39, 0.29) is 11.6 Å². The summed E-state index contributed by atoms with van der Waals surface area (Å²) < 4.78 is 43.2. The first-order valence-corrected chi connectivity index (χ1v) is 5.56. The Balaban J connectivity index is 1.93. The fourth-order valence-corrected chi connectivity index (χ4v) is 1.61. The normalized spacial score (nSPS) is 11.8. The Morgan fingerprint density at radius 2 is 1.80 bits per heavy atom. The van der Waals surface area contributed by atoms with E-state index in [1.807, 2.05) is 30.3 Å². The molecule has 5 nitrogen and oxygen atoms in total. The Hall–Kier alpha value is -2.64. The van der Waals surface area contributed by atoms with E-state index in [9.17, 15) is 13.2 Å². The molecule has 3 rings (SSSR count). The average molecular weight is 280 g/mol. The molecule has 0 spiro atoms. The predicted octanol–water partition coefficient (Wildman–Crippen LogP) is 2.94. The molecule has 20 heavy (non-hydrogen) atoms. The largest absolute Gasteiger partial charge is 0.455 e. The van der Waals surface area contributed by atoms with Crippen LogP contribution < -0.4 is 0 Å². The smallest absolute Gasteiger partial charge is 0.332 e. The SMILES string of the molecule is FC(F)(F)c1noc(-c2ccn(-c3ccccc3)n2)n1. The van der Waals surface area contributed by atoms with Gasteiger partial charge in [0.2, 0.25) is 0 Å². The quantitative estimate of drug-likeness (QED) is 0.724. The molecule has 0 atom stereocenters. The molecule has 0 saturated heterocycles. The van der Waals surface area contributed by atoms with Crippen molar-refractivity contribution in [2.75, 3.05) is 0 Å². The lowest BCUT2D eigenvalue weighted by Gasteiger charge is -1.98. The van der Waals surface area contributed by atoms with Crippen molar-refractivity contribution in [3.05, 3.63) is 48.4 Å². The van der Waals surface area contributed by atoms with Crippen LogP contribution in [0.2, 0.25) is 0 Å². The lowest BCUT2D eigenvalue weighted by Crippen LogP contribution is -2.07. The summed E-state index contributed by atoms with van der Waals surface area (Å²) in [6.07, 6.45) is -3.04. The van der Waals surface area contributed by atoms with E-state index in [0.717, 1.165) is 5.69 Å². The highest BCUT2D eigenvalue weighted by Crippen LogP contribution is 2.28. The molecular formula is C12H7F3N4O. The van der Waals surface area contributed by atoms with Gasteiger partial charge in [-0.2, -0.15) is 23.3 Å². The van der Waals surface area contributed by atoms with Gasteiger partial charge in [0.05, 0.1) is 5.69 Å². The summed E-state index contributed by atoms with van der Waals surface area (Å²) >= 11 is 0. The molecule has 0 radical (unpaired) electrons. The number of hydrogen-bond acceptors (Lipinski definition) is 4. The molecule has 8 heteroatoms. The zero-order valence-electron chi connectivity index (χ0n) is 9.87. The number of hydrogen-bond donors (Lipinski definition) is 0. The van der Waals surface area contributed by atoms with Gasteiger partial charge in [-0.3, -0.25) is 0 Å². The lowest BCUT2D eigenvalue weighted by atomic mass is 10.3. The fourth-order valence-electron chi connectivity index (χ4n) is 1.61. The number of halogens is 3. The Kier molecular flexibility index (Phi) is 2.78. The van der Waals surface area contributed by atoms with E-state index in [1.165, 1.54) is 10.7 Å². The highest BCUT2D eigenvalue weighted by atomic mass is 19.4. The molecular weight excluding hydrogens is 273 g/mol. The van der Waals surface area contributed by atoms with Crippen molar-refractivity contribution in [1.82, 2.24) is 19.9 Å². The maximum atomic E-state index is 12.4. The molecule has 0 aliphatic heterocycles. The number of alkyl halides is 3. The average Bonchev–Trinajstić information content (AvgIpc) is 3.08. The number of aromatic nitrogens is 4. The number of benzene rings is 1. The first-order chi connectivity index (χ1) is 9.54. The van der Waals surface area contributed by atoms with Crippen LogP contribution in [0.3, 0.4) is 0 Å². The van der Waals surface area contributed by atoms with Crippen molar-refractivity contribution < 1.29 is 17.7 Å². The Morgan fingerprint density at radius 3 is 2.45 bits per heavy atom. The lowest BCUT2D eigenvalue weighted by molar-refractivity contribution is -0.146. The summed E-state index contributed by atoms with van der Waals surface area (Å²) in [5.74, 6) is -1.59. The molecule has 3 aromatic rings. The summed E-state index contributed by atoms with van der Waals surface area (Å²) in [4.78, 5) is 3.28. The van der Waals surface area contributed by atoms with Gasteiger partial charge in [0.1, 0.15) is 0 Å². The monoisotopic (exact) mass is 280 g/mol. The molecule has 0 saturated carbocycles. The van der Waals surface area contributed by atoms with E-state index in [1.54, 1.807) is 6.20 Å². The predicted molar refractivity (Wildman–Crippen MR) is 61.9 cm³/mol. The highest BCUT2D eigenvalue weighted by Gasteiger charge is 2.37. The third-order valence-corrected chi connectivity index (χ3v) is 2.51. The summed E-state index contributed by atoms with van der Waals surface area (Å²) in [5, 5.41) is 6.98. The molecule has 0 fully saturated rings. The van der Waals surface area contributed by atoms with Crippen LogP contribution in [-0.4, -0.2) is 19.9 Å². The van der Waals surface area contributed by atoms with Crippen LogP contribution in [0, 0.1) is 0 Å². The summed E-state index contributed by atoms with van der Waals surface area (Å²) in [6, 6.07) is 10.6. The van der Waals surface area contributed by atoms with Gasteiger partial charge in [0.25, 0.3) is 11.7 Å². The minimum atomic E-state index is -4.64. The Labute approximate surface area is 110 Å². The van der Waals surface area contributed by atoms with Crippen molar-refractivity contribution in [2.24, 2.45) is 0 Å². The Bertz CT molecular complexity index is 718. The van der Waals surface area contributed by atoms with Crippen molar-refractivity contribution >= 4 is 0 Å². The zero-order chi connectivity index (χ0) is 14.2. The van der Waals surface area contributed by atoms with Gasteiger partial charge in [-0.05, 0) is 18.2 Å².